The summed E-state index contributed by atoms with van der Waals surface area (Å²) in [5.74, 6) is 0.482. The van der Waals surface area contributed by atoms with Crippen molar-refractivity contribution in [3.05, 3.63) is 64.9 Å². The Labute approximate surface area is 176 Å². The Morgan fingerprint density at radius 3 is 2.62 bits per heavy atom. The van der Waals surface area contributed by atoms with Gasteiger partial charge >= 0.3 is 0 Å². The Morgan fingerprint density at radius 2 is 1.90 bits per heavy atom. The summed E-state index contributed by atoms with van der Waals surface area (Å²) in [4.78, 5) is 23.7. The van der Waals surface area contributed by atoms with E-state index in [2.05, 4.69) is 15.5 Å². The van der Waals surface area contributed by atoms with Crippen molar-refractivity contribution in [2.45, 2.75) is 11.8 Å². The van der Waals surface area contributed by atoms with Crippen molar-refractivity contribution in [1.82, 2.24) is 14.8 Å². The third-order valence-electron chi connectivity index (χ3n) is 3.91. The molecular weight excluding hydrogens is 414 g/mol. The van der Waals surface area contributed by atoms with E-state index >= 15 is 0 Å². The minimum absolute atomic E-state index is 0.0944. The molecule has 150 valence electrons. The third-order valence-corrected chi connectivity index (χ3v) is 5.18. The number of nitrogens with two attached hydrogens (primary N) is 1. The molecule has 2 aromatic carbocycles. The predicted octanol–water partition coefficient (Wildman–Crippen LogP) is 2.88. The van der Waals surface area contributed by atoms with E-state index in [1.54, 1.807) is 60.1 Å². The number of amides is 2. The van der Waals surface area contributed by atoms with Crippen molar-refractivity contribution >= 4 is 40.9 Å². The van der Waals surface area contributed by atoms with Crippen LogP contribution >= 0.6 is 23.4 Å². The second-order valence-corrected chi connectivity index (χ2v) is 7.33. The van der Waals surface area contributed by atoms with Gasteiger partial charge in [-0.15, -0.1) is 10.2 Å². The molecule has 0 spiro atoms. The van der Waals surface area contributed by atoms with Gasteiger partial charge in [0.2, 0.25) is 5.91 Å². The van der Waals surface area contributed by atoms with Crippen LogP contribution in [0.25, 0.3) is 0 Å². The number of anilines is 1. The number of rotatable bonds is 8. The Kier molecular flexibility index (Phi) is 6.73. The Balaban J connectivity index is 1.55. The molecule has 3 aromatic rings. The number of hydrogen-bond donors (Lipinski definition) is 2. The first-order chi connectivity index (χ1) is 13.9. The molecule has 0 bridgehead atoms. The zero-order chi connectivity index (χ0) is 20.8. The van der Waals surface area contributed by atoms with Crippen LogP contribution in [0.2, 0.25) is 5.02 Å². The van der Waals surface area contributed by atoms with Gasteiger partial charge in [-0.25, -0.2) is 0 Å². The first kappa shape index (κ1) is 20.7. The van der Waals surface area contributed by atoms with E-state index < -0.39 is 5.91 Å². The van der Waals surface area contributed by atoms with Crippen molar-refractivity contribution in [2.24, 2.45) is 12.8 Å². The quantitative estimate of drug-likeness (QED) is 0.530. The van der Waals surface area contributed by atoms with Gasteiger partial charge in [-0.2, -0.15) is 0 Å². The molecule has 8 nitrogen and oxygen atoms in total. The van der Waals surface area contributed by atoms with Gasteiger partial charge in [-0.1, -0.05) is 35.5 Å². The molecule has 10 heteroatoms. The highest BCUT2D eigenvalue weighted by Gasteiger charge is 2.14. The van der Waals surface area contributed by atoms with Crippen LogP contribution in [0.15, 0.2) is 53.7 Å². The lowest BCUT2D eigenvalue weighted by molar-refractivity contribution is -0.113. The second-order valence-electron chi connectivity index (χ2n) is 5.95. The van der Waals surface area contributed by atoms with E-state index in [-0.39, 0.29) is 23.8 Å². The zero-order valence-electron chi connectivity index (χ0n) is 15.5. The highest BCUT2D eigenvalue weighted by molar-refractivity contribution is 7.99. The molecule has 0 fully saturated rings. The molecule has 29 heavy (non-hydrogen) atoms. The minimum Gasteiger partial charge on any atom is -0.486 e. The van der Waals surface area contributed by atoms with Crippen LogP contribution in [0, 0.1) is 0 Å². The average Bonchev–Trinajstić information content (AvgIpc) is 3.06. The topological polar surface area (TPSA) is 112 Å². The number of para-hydroxylation sites is 1. The summed E-state index contributed by atoms with van der Waals surface area (Å²) in [5, 5.41) is 12.1. The standard InChI is InChI=1S/C19H18ClN5O3S/c1-25-16(10-28-13-8-6-12(20)7-9-13)23-24-19(25)29-11-17(26)22-15-5-3-2-4-14(15)18(21)27/h2-9H,10-11H2,1H3,(H2,21,27)(H,22,26). The number of carbonyl (C=O) groups excluding carboxylic acids is 2. The molecule has 0 aliphatic carbocycles. The lowest BCUT2D eigenvalue weighted by Gasteiger charge is -2.09. The lowest BCUT2D eigenvalue weighted by Crippen LogP contribution is -2.19. The van der Waals surface area contributed by atoms with E-state index in [0.29, 0.717) is 27.4 Å². The maximum atomic E-state index is 12.2. The van der Waals surface area contributed by atoms with Crippen molar-refractivity contribution in [3.63, 3.8) is 0 Å². The molecule has 3 N–H and O–H groups in total. The number of carbonyl (C=O) groups is 2. The van der Waals surface area contributed by atoms with Crippen LogP contribution in [-0.2, 0) is 18.4 Å². The van der Waals surface area contributed by atoms with E-state index in [1.165, 1.54) is 11.8 Å². The molecule has 3 rings (SSSR count). The number of nitrogens with one attached hydrogen (secondary N) is 1. The van der Waals surface area contributed by atoms with Crippen LogP contribution in [0.3, 0.4) is 0 Å². The van der Waals surface area contributed by atoms with E-state index in [1.807, 2.05) is 0 Å². The first-order valence-electron chi connectivity index (χ1n) is 8.52. The minimum atomic E-state index is -0.604. The highest BCUT2D eigenvalue weighted by Crippen LogP contribution is 2.20. The average molecular weight is 432 g/mol. The molecule has 0 aliphatic rings. The fourth-order valence-corrected chi connectivity index (χ4v) is 3.25. The van der Waals surface area contributed by atoms with Gasteiger partial charge < -0.3 is 20.4 Å². The molecular formula is C19H18ClN5O3S. The van der Waals surface area contributed by atoms with Gasteiger partial charge in [0, 0.05) is 12.1 Å². The fourth-order valence-electron chi connectivity index (χ4n) is 2.40. The van der Waals surface area contributed by atoms with Gasteiger partial charge in [0.25, 0.3) is 5.91 Å². The summed E-state index contributed by atoms with van der Waals surface area (Å²) < 4.78 is 7.42. The Hall–Kier alpha value is -3.04. The summed E-state index contributed by atoms with van der Waals surface area (Å²) in [6.07, 6.45) is 0. The summed E-state index contributed by atoms with van der Waals surface area (Å²) in [6, 6.07) is 13.6. The summed E-state index contributed by atoms with van der Waals surface area (Å²) in [7, 11) is 1.79. The normalized spacial score (nSPS) is 10.6. The van der Waals surface area contributed by atoms with E-state index in [0.717, 1.165) is 0 Å². The lowest BCUT2D eigenvalue weighted by atomic mass is 10.1. The van der Waals surface area contributed by atoms with Gasteiger partial charge in [0.15, 0.2) is 11.0 Å². The number of benzene rings is 2. The number of thioether (sulfide) groups is 1. The van der Waals surface area contributed by atoms with Gasteiger partial charge in [-0.05, 0) is 36.4 Å². The van der Waals surface area contributed by atoms with Crippen LogP contribution < -0.4 is 15.8 Å². The first-order valence-corrected chi connectivity index (χ1v) is 9.88. The molecule has 1 aromatic heterocycles. The van der Waals surface area contributed by atoms with E-state index in [9.17, 15) is 9.59 Å². The molecule has 1 heterocycles. The van der Waals surface area contributed by atoms with Crippen molar-refractivity contribution in [3.8, 4) is 5.75 Å². The maximum absolute atomic E-state index is 12.2. The molecule has 0 aliphatic heterocycles. The van der Waals surface area contributed by atoms with E-state index in [4.69, 9.17) is 22.1 Å². The monoisotopic (exact) mass is 431 g/mol. The predicted molar refractivity (Wildman–Crippen MR) is 111 cm³/mol. The highest BCUT2D eigenvalue weighted by atomic mass is 35.5. The van der Waals surface area contributed by atoms with Crippen LogP contribution in [0.1, 0.15) is 16.2 Å². The molecule has 0 atom stereocenters. The molecule has 2 amide bonds. The Bertz CT molecular complexity index is 1020. The number of hydrogen-bond acceptors (Lipinski definition) is 6. The van der Waals surface area contributed by atoms with Gasteiger partial charge in [-0.3, -0.25) is 9.59 Å². The second kappa shape index (κ2) is 9.44. The summed E-state index contributed by atoms with van der Waals surface area (Å²) >= 11 is 7.07. The number of halogens is 1. The number of nitrogens with zero attached hydrogens (tertiary/aromatic N) is 3. The largest absolute Gasteiger partial charge is 0.486 e. The van der Waals surface area contributed by atoms with Gasteiger partial charge in [0.05, 0.1) is 17.0 Å². The molecule has 0 radical (unpaired) electrons. The molecule has 0 unspecified atom stereocenters. The number of ether oxygens (including phenoxy) is 1. The van der Waals surface area contributed by atoms with Gasteiger partial charge in [0.1, 0.15) is 12.4 Å². The summed E-state index contributed by atoms with van der Waals surface area (Å²) in [6.45, 7) is 0.226. The summed E-state index contributed by atoms with van der Waals surface area (Å²) in [5.41, 5.74) is 5.95. The molecule has 0 saturated heterocycles. The zero-order valence-corrected chi connectivity index (χ0v) is 17.0. The number of aromatic nitrogens is 3. The fraction of sp³-hybridized carbons (Fsp3) is 0.158. The molecule has 0 saturated carbocycles. The van der Waals surface area contributed by atoms with Crippen LogP contribution in [0.4, 0.5) is 5.69 Å². The Morgan fingerprint density at radius 1 is 1.17 bits per heavy atom. The third kappa shape index (κ3) is 5.49. The van der Waals surface area contributed by atoms with Crippen molar-refractivity contribution < 1.29 is 14.3 Å². The van der Waals surface area contributed by atoms with Crippen LogP contribution in [-0.4, -0.2) is 32.3 Å². The smallest absolute Gasteiger partial charge is 0.250 e. The number of primary amides is 1. The van der Waals surface area contributed by atoms with Crippen LogP contribution in [0.5, 0.6) is 5.75 Å². The van der Waals surface area contributed by atoms with Crippen molar-refractivity contribution in [2.75, 3.05) is 11.1 Å². The van der Waals surface area contributed by atoms with Crippen molar-refractivity contribution in [1.29, 1.82) is 0 Å². The maximum Gasteiger partial charge on any atom is 0.250 e. The SMILES string of the molecule is Cn1c(COc2ccc(Cl)cc2)nnc1SCC(=O)Nc1ccccc1C(N)=O.